The predicted molar refractivity (Wildman–Crippen MR) is 101 cm³/mol. The highest BCUT2D eigenvalue weighted by atomic mass is 16.1. The van der Waals surface area contributed by atoms with E-state index in [9.17, 15) is 4.79 Å². The number of amides is 1. The van der Waals surface area contributed by atoms with Crippen LogP contribution in [-0.4, -0.2) is 37.1 Å². The van der Waals surface area contributed by atoms with Gasteiger partial charge in [-0.05, 0) is 43.2 Å². The molecule has 1 amide bonds. The summed E-state index contributed by atoms with van der Waals surface area (Å²) in [5.41, 5.74) is 1.14. The zero-order valence-electron chi connectivity index (χ0n) is 15.0. The molecule has 3 unspecified atom stereocenters. The van der Waals surface area contributed by atoms with Gasteiger partial charge >= 0.3 is 0 Å². The standard InChI is InChI=1S/C20H30N4O/c25-20(17-6-5-15-3-1-2-4-16(15)13-17)23-19-8-7-18(14-22-19)24-11-9-21-10-12-24/h7-8,14-17,21H,1-6,9-13H2,(H,22,23,25). The number of hydrogen-bond donors (Lipinski definition) is 2. The molecule has 1 aliphatic heterocycles. The largest absolute Gasteiger partial charge is 0.368 e. The number of fused-ring (bicyclic) bond motifs is 1. The van der Waals surface area contributed by atoms with Gasteiger partial charge in [0.25, 0.3) is 0 Å². The number of pyridine rings is 1. The first-order chi connectivity index (χ1) is 12.3. The van der Waals surface area contributed by atoms with Crippen LogP contribution in [-0.2, 0) is 4.79 Å². The van der Waals surface area contributed by atoms with Crippen LogP contribution < -0.4 is 15.5 Å². The first kappa shape index (κ1) is 16.8. The second-order valence-electron chi connectivity index (χ2n) is 7.94. The molecule has 5 heteroatoms. The van der Waals surface area contributed by atoms with Gasteiger partial charge in [0.15, 0.2) is 0 Å². The Kier molecular flexibility index (Phi) is 5.20. The van der Waals surface area contributed by atoms with E-state index in [2.05, 4.69) is 26.6 Å². The average Bonchev–Trinajstić information content (AvgIpc) is 2.69. The van der Waals surface area contributed by atoms with E-state index in [1.807, 2.05) is 12.3 Å². The number of carbonyl (C=O) groups excluding carboxylic acids is 1. The van der Waals surface area contributed by atoms with Crippen LogP contribution in [0.2, 0.25) is 0 Å². The third-order valence-corrected chi connectivity index (χ3v) is 6.39. The van der Waals surface area contributed by atoms with Gasteiger partial charge in [-0.2, -0.15) is 0 Å². The lowest BCUT2D eigenvalue weighted by atomic mass is 9.67. The molecule has 3 atom stereocenters. The summed E-state index contributed by atoms with van der Waals surface area (Å²) < 4.78 is 0. The monoisotopic (exact) mass is 342 g/mol. The molecule has 4 rings (SSSR count). The van der Waals surface area contributed by atoms with Crippen LogP contribution in [0.1, 0.15) is 44.9 Å². The van der Waals surface area contributed by atoms with Gasteiger partial charge in [0.05, 0.1) is 11.9 Å². The van der Waals surface area contributed by atoms with Crippen LogP contribution in [0.15, 0.2) is 18.3 Å². The summed E-state index contributed by atoms with van der Waals surface area (Å²) in [6.45, 7) is 4.06. The Balaban J connectivity index is 1.33. The Bertz CT molecular complexity index is 582. The summed E-state index contributed by atoms with van der Waals surface area (Å²) in [6, 6.07) is 4.02. The van der Waals surface area contributed by atoms with Crippen LogP contribution in [0.5, 0.6) is 0 Å². The van der Waals surface area contributed by atoms with Crippen molar-refractivity contribution in [2.24, 2.45) is 17.8 Å². The zero-order valence-corrected chi connectivity index (χ0v) is 15.0. The maximum atomic E-state index is 12.7. The SMILES string of the molecule is O=C(Nc1ccc(N2CCNCC2)cn1)C1CCC2CCCCC2C1. The molecule has 2 saturated carbocycles. The number of nitrogens with one attached hydrogen (secondary N) is 2. The van der Waals surface area contributed by atoms with E-state index in [0.29, 0.717) is 5.82 Å². The molecule has 5 nitrogen and oxygen atoms in total. The molecule has 3 fully saturated rings. The third-order valence-electron chi connectivity index (χ3n) is 6.39. The highest BCUT2D eigenvalue weighted by Gasteiger charge is 2.35. The molecule has 2 heterocycles. The van der Waals surface area contributed by atoms with Gasteiger partial charge in [-0.25, -0.2) is 4.98 Å². The Morgan fingerprint density at radius 1 is 1.08 bits per heavy atom. The highest BCUT2D eigenvalue weighted by molar-refractivity contribution is 5.91. The van der Waals surface area contributed by atoms with Crippen molar-refractivity contribution in [3.63, 3.8) is 0 Å². The van der Waals surface area contributed by atoms with E-state index < -0.39 is 0 Å². The molecule has 2 N–H and O–H groups in total. The van der Waals surface area contributed by atoms with Crippen molar-refractivity contribution in [1.29, 1.82) is 0 Å². The molecule has 136 valence electrons. The van der Waals surface area contributed by atoms with Crippen LogP contribution >= 0.6 is 0 Å². The minimum atomic E-state index is 0.173. The van der Waals surface area contributed by atoms with E-state index in [0.717, 1.165) is 56.5 Å². The number of carbonyl (C=O) groups is 1. The molecule has 1 aromatic rings. The van der Waals surface area contributed by atoms with Gasteiger partial charge in [-0.1, -0.05) is 25.7 Å². The van der Waals surface area contributed by atoms with Crippen LogP contribution in [0, 0.1) is 17.8 Å². The van der Waals surface area contributed by atoms with Crippen molar-refractivity contribution in [1.82, 2.24) is 10.3 Å². The van der Waals surface area contributed by atoms with E-state index in [-0.39, 0.29) is 11.8 Å². The molecule has 3 aliphatic rings. The Labute approximate surface area is 150 Å². The fourth-order valence-electron chi connectivity index (χ4n) is 4.91. The van der Waals surface area contributed by atoms with Crippen molar-refractivity contribution < 1.29 is 4.79 Å². The second-order valence-corrected chi connectivity index (χ2v) is 7.94. The molecule has 2 aliphatic carbocycles. The number of nitrogens with zero attached hydrogens (tertiary/aromatic N) is 2. The van der Waals surface area contributed by atoms with Crippen molar-refractivity contribution in [2.75, 3.05) is 36.4 Å². The van der Waals surface area contributed by atoms with E-state index in [4.69, 9.17) is 0 Å². The number of hydrogen-bond acceptors (Lipinski definition) is 4. The second kappa shape index (κ2) is 7.73. The van der Waals surface area contributed by atoms with Crippen LogP contribution in [0.3, 0.4) is 0 Å². The zero-order chi connectivity index (χ0) is 17.1. The molecular formula is C20H30N4O. The lowest BCUT2D eigenvalue weighted by molar-refractivity contribution is -0.122. The van der Waals surface area contributed by atoms with E-state index in [1.165, 1.54) is 32.1 Å². The molecular weight excluding hydrogens is 312 g/mol. The number of piperazine rings is 1. The number of rotatable bonds is 3. The van der Waals surface area contributed by atoms with Gasteiger partial charge in [-0.3, -0.25) is 4.79 Å². The van der Waals surface area contributed by atoms with Crippen molar-refractivity contribution in [2.45, 2.75) is 44.9 Å². The molecule has 0 aromatic carbocycles. The molecule has 1 saturated heterocycles. The van der Waals surface area contributed by atoms with Gasteiger partial charge in [0.2, 0.25) is 5.91 Å². The van der Waals surface area contributed by atoms with Gasteiger partial charge in [0.1, 0.15) is 5.82 Å². The number of aromatic nitrogens is 1. The summed E-state index contributed by atoms with van der Waals surface area (Å²) >= 11 is 0. The van der Waals surface area contributed by atoms with Gasteiger partial charge < -0.3 is 15.5 Å². The Hall–Kier alpha value is -1.62. The summed E-state index contributed by atoms with van der Waals surface area (Å²) in [5.74, 6) is 2.70. The summed E-state index contributed by atoms with van der Waals surface area (Å²) in [5, 5.41) is 6.42. The van der Waals surface area contributed by atoms with E-state index >= 15 is 0 Å². The lowest BCUT2D eigenvalue weighted by Crippen LogP contribution is -2.43. The first-order valence-electron chi connectivity index (χ1n) is 10.0. The van der Waals surface area contributed by atoms with Crippen molar-refractivity contribution in [3.05, 3.63) is 18.3 Å². The maximum Gasteiger partial charge on any atom is 0.228 e. The van der Waals surface area contributed by atoms with E-state index in [1.54, 1.807) is 0 Å². The fourth-order valence-corrected chi connectivity index (χ4v) is 4.91. The van der Waals surface area contributed by atoms with Crippen molar-refractivity contribution >= 4 is 17.4 Å². The quantitative estimate of drug-likeness (QED) is 0.886. The Morgan fingerprint density at radius 3 is 2.64 bits per heavy atom. The first-order valence-corrected chi connectivity index (χ1v) is 10.0. The molecule has 1 aromatic heterocycles. The smallest absolute Gasteiger partial charge is 0.228 e. The fraction of sp³-hybridized carbons (Fsp3) is 0.700. The predicted octanol–water partition coefficient (Wildman–Crippen LogP) is 3.04. The highest BCUT2D eigenvalue weighted by Crippen LogP contribution is 2.42. The summed E-state index contributed by atoms with van der Waals surface area (Å²) in [4.78, 5) is 19.5. The third kappa shape index (κ3) is 3.97. The molecule has 0 bridgehead atoms. The van der Waals surface area contributed by atoms with Crippen LogP contribution in [0.4, 0.5) is 11.5 Å². The maximum absolute atomic E-state index is 12.7. The minimum absolute atomic E-state index is 0.173. The molecule has 25 heavy (non-hydrogen) atoms. The van der Waals surface area contributed by atoms with Crippen LogP contribution in [0.25, 0.3) is 0 Å². The Morgan fingerprint density at radius 2 is 1.88 bits per heavy atom. The minimum Gasteiger partial charge on any atom is -0.368 e. The van der Waals surface area contributed by atoms with Gasteiger partial charge in [0, 0.05) is 32.1 Å². The van der Waals surface area contributed by atoms with Crippen molar-refractivity contribution in [3.8, 4) is 0 Å². The summed E-state index contributed by atoms with van der Waals surface area (Å²) in [6.07, 6.45) is 10.7. The lowest BCUT2D eigenvalue weighted by Gasteiger charge is -2.38. The summed E-state index contributed by atoms with van der Waals surface area (Å²) in [7, 11) is 0. The molecule has 0 spiro atoms. The average molecular weight is 342 g/mol. The van der Waals surface area contributed by atoms with Gasteiger partial charge in [-0.15, -0.1) is 0 Å². The normalized spacial score (nSPS) is 29.8. The topological polar surface area (TPSA) is 57.3 Å². The number of anilines is 2. The molecule has 0 radical (unpaired) electrons.